The summed E-state index contributed by atoms with van der Waals surface area (Å²) >= 11 is 1.07. The number of thiophene rings is 1. The summed E-state index contributed by atoms with van der Waals surface area (Å²) in [4.78, 5) is 11.7. The van der Waals surface area contributed by atoms with Crippen molar-refractivity contribution in [2.75, 3.05) is 20.3 Å². The van der Waals surface area contributed by atoms with Gasteiger partial charge in [-0.3, -0.25) is 0 Å². The van der Waals surface area contributed by atoms with Gasteiger partial charge >= 0.3 is 5.97 Å². The summed E-state index contributed by atoms with van der Waals surface area (Å²) in [6.45, 7) is 2.54. The second kappa shape index (κ2) is 6.21. The molecule has 1 aromatic heterocycles. The fourth-order valence-corrected chi connectivity index (χ4v) is 4.85. The molecule has 1 aliphatic rings. The Morgan fingerprint density at radius 3 is 2.95 bits per heavy atom. The van der Waals surface area contributed by atoms with Crippen LogP contribution in [0.25, 0.3) is 0 Å². The Bertz CT molecular complexity index is 587. The maximum absolute atomic E-state index is 12.3. The summed E-state index contributed by atoms with van der Waals surface area (Å²) in [7, 11) is -2.51. The highest BCUT2D eigenvalue weighted by Crippen LogP contribution is 2.27. The average Bonchev–Trinajstić information content (AvgIpc) is 3.04. The molecule has 0 bridgehead atoms. The first-order chi connectivity index (χ1) is 9.45. The molecule has 0 amide bonds. The fraction of sp³-hybridized carbons (Fsp3) is 0.583. The van der Waals surface area contributed by atoms with Gasteiger partial charge in [0.1, 0.15) is 9.77 Å². The Morgan fingerprint density at radius 1 is 1.60 bits per heavy atom. The number of rotatable bonds is 5. The van der Waals surface area contributed by atoms with Gasteiger partial charge in [-0.2, -0.15) is 0 Å². The van der Waals surface area contributed by atoms with Crippen LogP contribution >= 0.6 is 11.3 Å². The van der Waals surface area contributed by atoms with E-state index in [2.05, 4.69) is 9.46 Å². The van der Waals surface area contributed by atoms with E-state index in [9.17, 15) is 13.2 Å². The maximum Gasteiger partial charge on any atom is 0.349 e. The van der Waals surface area contributed by atoms with E-state index in [0.29, 0.717) is 12.2 Å². The van der Waals surface area contributed by atoms with Gasteiger partial charge in [0.25, 0.3) is 0 Å². The zero-order valence-corrected chi connectivity index (χ0v) is 13.0. The Labute approximate surface area is 122 Å². The summed E-state index contributed by atoms with van der Waals surface area (Å²) in [6.07, 6.45) is 1.69. The molecule has 2 rings (SSSR count). The molecule has 0 aromatic carbocycles. The van der Waals surface area contributed by atoms with E-state index < -0.39 is 16.0 Å². The number of ether oxygens (including phenoxy) is 2. The van der Waals surface area contributed by atoms with Crippen molar-refractivity contribution in [1.82, 2.24) is 4.72 Å². The molecule has 0 spiro atoms. The first kappa shape index (κ1) is 15.4. The van der Waals surface area contributed by atoms with Crippen LogP contribution in [0.15, 0.2) is 10.3 Å². The molecule has 1 aliphatic heterocycles. The van der Waals surface area contributed by atoms with Crippen LogP contribution in [0.5, 0.6) is 0 Å². The van der Waals surface area contributed by atoms with Crippen molar-refractivity contribution in [2.45, 2.75) is 30.8 Å². The van der Waals surface area contributed by atoms with Crippen LogP contribution < -0.4 is 4.72 Å². The number of nitrogens with one attached hydrogen (secondary N) is 1. The van der Waals surface area contributed by atoms with Crippen LogP contribution in [-0.2, 0) is 19.5 Å². The molecule has 8 heteroatoms. The molecule has 20 heavy (non-hydrogen) atoms. The van der Waals surface area contributed by atoms with E-state index in [4.69, 9.17) is 4.74 Å². The van der Waals surface area contributed by atoms with Gasteiger partial charge < -0.3 is 9.47 Å². The molecular weight excluding hydrogens is 302 g/mol. The topological polar surface area (TPSA) is 81.7 Å². The van der Waals surface area contributed by atoms with Crippen molar-refractivity contribution in [3.63, 3.8) is 0 Å². The first-order valence-corrected chi connectivity index (χ1v) is 8.59. The van der Waals surface area contributed by atoms with Gasteiger partial charge in [-0.25, -0.2) is 17.9 Å². The summed E-state index contributed by atoms with van der Waals surface area (Å²) in [6, 6.07) is 0. The van der Waals surface area contributed by atoms with Gasteiger partial charge in [0.05, 0.1) is 13.2 Å². The van der Waals surface area contributed by atoms with E-state index in [1.54, 1.807) is 12.3 Å². The van der Waals surface area contributed by atoms with Crippen molar-refractivity contribution in [1.29, 1.82) is 0 Å². The summed E-state index contributed by atoms with van der Waals surface area (Å²) in [5, 5.41) is 1.63. The van der Waals surface area contributed by atoms with Crippen molar-refractivity contribution in [2.24, 2.45) is 0 Å². The van der Waals surface area contributed by atoms with E-state index in [1.807, 2.05) is 0 Å². The third-order valence-corrected chi connectivity index (χ3v) is 5.90. The van der Waals surface area contributed by atoms with Crippen molar-refractivity contribution >= 4 is 27.3 Å². The molecule has 1 unspecified atom stereocenters. The number of methoxy groups -OCH3 is 1. The second-order valence-corrected chi connectivity index (χ2v) is 7.14. The quantitative estimate of drug-likeness (QED) is 0.827. The van der Waals surface area contributed by atoms with Gasteiger partial charge in [-0.1, -0.05) is 0 Å². The number of carbonyl (C=O) groups excluding carboxylic acids is 1. The standard InChI is InChI=1S/C12H17NO5S2/c1-8-7-19-10(12(14)17-2)11(8)20(15,16)13-6-9-4-3-5-18-9/h7,9,13H,3-6H2,1-2H3. The molecule has 0 aliphatic carbocycles. The van der Waals surface area contributed by atoms with Gasteiger partial charge in [-0.05, 0) is 30.7 Å². The van der Waals surface area contributed by atoms with Crippen LogP contribution in [0.3, 0.4) is 0 Å². The molecule has 1 fully saturated rings. The number of sulfonamides is 1. The lowest BCUT2D eigenvalue weighted by Crippen LogP contribution is -2.32. The molecule has 6 nitrogen and oxygen atoms in total. The SMILES string of the molecule is COC(=O)c1scc(C)c1S(=O)(=O)NCC1CCCO1. The van der Waals surface area contributed by atoms with E-state index in [0.717, 1.165) is 24.2 Å². The molecule has 0 radical (unpaired) electrons. The van der Waals surface area contributed by atoms with Gasteiger partial charge in [0, 0.05) is 13.2 Å². The van der Waals surface area contributed by atoms with Gasteiger partial charge in [0.2, 0.25) is 10.0 Å². The molecule has 1 saturated heterocycles. The van der Waals surface area contributed by atoms with Crippen LogP contribution in [0, 0.1) is 6.92 Å². The van der Waals surface area contributed by atoms with E-state index in [-0.39, 0.29) is 22.4 Å². The number of hydrogen-bond donors (Lipinski definition) is 1. The highest BCUT2D eigenvalue weighted by atomic mass is 32.2. The number of aryl methyl sites for hydroxylation is 1. The fourth-order valence-electron chi connectivity index (χ4n) is 2.08. The van der Waals surface area contributed by atoms with Crippen LogP contribution in [0.2, 0.25) is 0 Å². The maximum atomic E-state index is 12.3. The summed E-state index contributed by atoms with van der Waals surface area (Å²) < 4.78 is 37.2. The normalized spacial score (nSPS) is 19.2. The van der Waals surface area contributed by atoms with E-state index >= 15 is 0 Å². The highest BCUT2D eigenvalue weighted by Gasteiger charge is 2.28. The Morgan fingerprint density at radius 2 is 2.35 bits per heavy atom. The number of esters is 1. The lowest BCUT2D eigenvalue weighted by molar-refractivity contribution is 0.0602. The number of hydrogen-bond acceptors (Lipinski definition) is 6. The minimum atomic E-state index is -3.74. The Hall–Kier alpha value is -0.960. The third kappa shape index (κ3) is 3.20. The Kier molecular flexibility index (Phi) is 4.79. The zero-order valence-electron chi connectivity index (χ0n) is 11.3. The summed E-state index contributed by atoms with van der Waals surface area (Å²) in [5.41, 5.74) is 0.537. The predicted molar refractivity (Wildman–Crippen MR) is 74.6 cm³/mol. The van der Waals surface area contributed by atoms with Crippen molar-refractivity contribution in [3.05, 3.63) is 15.8 Å². The summed E-state index contributed by atoms with van der Waals surface area (Å²) in [5.74, 6) is -0.638. The predicted octanol–water partition coefficient (Wildman–Crippen LogP) is 1.30. The van der Waals surface area contributed by atoms with Crippen LogP contribution in [-0.4, -0.2) is 40.8 Å². The molecule has 1 N–H and O–H groups in total. The molecule has 0 saturated carbocycles. The van der Waals surface area contributed by atoms with Crippen LogP contribution in [0.1, 0.15) is 28.1 Å². The second-order valence-electron chi connectivity index (χ2n) is 4.56. The smallest absolute Gasteiger partial charge is 0.349 e. The first-order valence-electron chi connectivity index (χ1n) is 6.23. The van der Waals surface area contributed by atoms with Gasteiger partial charge in [0.15, 0.2) is 0 Å². The molecular formula is C12H17NO5S2. The monoisotopic (exact) mass is 319 g/mol. The average molecular weight is 319 g/mol. The molecule has 2 heterocycles. The number of carbonyl (C=O) groups is 1. The third-order valence-electron chi connectivity index (χ3n) is 3.08. The van der Waals surface area contributed by atoms with Crippen molar-refractivity contribution in [3.8, 4) is 0 Å². The largest absolute Gasteiger partial charge is 0.465 e. The van der Waals surface area contributed by atoms with Crippen LogP contribution in [0.4, 0.5) is 0 Å². The van der Waals surface area contributed by atoms with Gasteiger partial charge in [-0.15, -0.1) is 11.3 Å². The Balaban J connectivity index is 2.20. The lowest BCUT2D eigenvalue weighted by Gasteiger charge is -2.12. The molecule has 1 atom stereocenters. The molecule has 1 aromatic rings. The zero-order chi connectivity index (χ0) is 14.8. The van der Waals surface area contributed by atoms with Crippen molar-refractivity contribution < 1.29 is 22.7 Å². The van der Waals surface area contributed by atoms with E-state index in [1.165, 1.54) is 7.11 Å². The lowest BCUT2D eigenvalue weighted by atomic mass is 10.2. The minimum absolute atomic E-state index is 0.00680. The minimum Gasteiger partial charge on any atom is -0.465 e. The highest BCUT2D eigenvalue weighted by molar-refractivity contribution is 7.89. The molecule has 112 valence electrons.